The molecule has 0 fully saturated rings. The average Bonchev–Trinajstić information content (AvgIpc) is 3.10. The van der Waals surface area contributed by atoms with Gasteiger partial charge in [-0.2, -0.15) is 0 Å². The van der Waals surface area contributed by atoms with Crippen LogP contribution in [0, 0.1) is 5.92 Å². The van der Waals surface area contributed by atoms with Crippen LogP contribution in [0.2, 0.25) is 0 Å². The standard InChI is InChI=1S/C20H22N2O/c23-20(17-10-5-2-6-11-17)22-15-14-21-13-7-12-18(21)19(22)16-8-3-1-4-9-16/h1-5,7-9,12-13,17,19H,6,10-11,14-15H2. The van der Waals surface area contributed by atoms with Crippen LogP contribution in [-0.4, -0.2) is 21.9 Å². The molecule has 4 rings (SSSR count). The van der Waals surface area contributed by atoms with E-state index in [1.54, 1.807) is 0 Å². The second-order valence-electron chi connectivity index (χ2n) is 6.45. The molecule has 2 aromatic rings. The number of carbonyl (C=O) groups is 1. The molecule has 2 atom stereocenters. The molecule has 1 amide bonds. The molecule has 0 bridgehead atoms. The van der Waals surface area contributed by atoms with Crippen molar-refractivity contribution in [3.05, 3.63) is 72.1 Å². The summed E-state index contributed by atoms with van der Waals surface area (Å²) in [5.41, 5.74) is 2.43. The first-order valence-corrected chi connectivity index (χ1v) is 8.50. The van der Waals surface area contributed by atoms with Crippen molar-refractivity contribution in [2.45, 2.75) is 31.8 Å². The third kappa shape index (κ3) is 2.61. The smallest absolute Gasteiger partial charge is 0.226 e. The fraction of sp³-hybridized carbons (Fsp3) is 0.350. The molecule has 0 spiro atoms. The van der Waals surface area contributed by atoms with E-state index < -0.39 is 0 Å². The number of amides is 1. The van der Waals surface area contributed by atoms with Crippen molar-refractivity contribution in [3.8, 4) is 0 Å². The first kappa shape index (κ1) is 14.3. The summed E-state index contributed by atoms with van der Waals surface area (Å²) in [5.74, 6) is 0.461. The van der Waals surface area contributed by atoms with Gasteiger partial charge in [-0.05, 0) is 37.0 Å². The Kier molecular flexibility index (Phi) is 3.78. The lowest BCUT2D eigenvalue weighted by molar-refractivity contribution is -0.138. The first-order valence-electron chi connectivity index (χ1n) is 8.50. The number of hydrogen-bond acceptors (Lipinski definition) is 1. The van der Waals surface area contributed by atoms with Crippen LogP contribution >= 0.6 is 0 Å². The van der Waals surface area contributed by atoms with E-state index >= 15 is 0 Å². The number of hydrogen-bond donors (Lipinski definition) is 0. The van der Waals surface area contributed by atoms with Crippen LogP contribution in [0.3, 0.4) is 0 Å². The van der Waals surface area contributed by atoms with Crippen LogP contribution in [-0.2, 0) is 11.3 Å². The minimum absolute atomic E-state index is 0.0401. The number of fused-ring (bicyclic) bond motifs is 1. The Bertz CT molecular complexity index is 716. The summed E-state index contributed by atoms with van der Waals surface area (Å²) >= 11 is 0. The van der Waals surface area contributed by atoms with Crippen LogP contribution in [0.15, 0.2) is 60.8 Å². The van der Waals surface area contributed by atoms with Crippen LogP contribution in [0.1, 0.15) is 36.6 Å². The predicted molar refractivity (Wildman–Crippen MR) is 90.9 cm³/mol. The molecule has 2 heterocycles. The SMILES string of the molecule is O=C(C1CC=CCC1)N1CCn2cccc2C1c1ccccc1. The molecule has 118 valence electrons. The predicted octanol–water partition coefficient (Wildman–Crippen LogP) is 3.78. The molecule has 0 radical (unpaired) electrons. The van der Waals surface area contributed by atoms with E-state index in [0.29, 0.717) is 5.91 Å². The molecule has 1 aromatic carbocycles. The lowest BCUT2D eigenvalue weighted by Gasteiger charge is -2.39. The third-order valence-electron chi connectivity index (χ3n) is 5.05. The van der Waals surface area contributed by atoms with Gasteiger partial charge in [0, 0.05) is 30.9 Å². The molecular formula is C20H22N2O. The highest BCUT2D eigenvalue weighted by atomic mass is 16.2. The summed E-state index contributed by atoms with van der Waals surface area (Å²) in [5, 5.41) is 0. The molecule has 1 aliphatic carbocycles. The molecular weight excluding hydrogens is 284 g/mol. The maximum atomic E-state index is 13.2. The molecule has 0 saturated carbocycles. The quantitative estimate of drug-likeness (QED) is 0.775. The zero-order chi connectivity index (χ0) is 15.6. The fourth-order valence-corrected chi connectivity index (χ4v) is 3.86. The zero-order valence-electron chi connectivity index (χ0n) is 13.3. The Morgan fingerprint density at radius 2 is 1.87 bits per heavy atom. The van der Waals surface area contributed by atoms with Gasteiger partial charge in [0.25, 0.3) is 0 Å². The minimum atomic E-state index is 0.0401. The van der Waals surface area contributed by atoms with Crippen LogP contribution in [0.5, 0.6) is 0 Å². The largest absolute Gasteiger partial charge is 0.348 e. The Balaban J connectivity index is 1.70. The van der Waals surface area contributed by atoms with Gasteiger partial charge >= 0.3 is 0 Å². The highest BCUT2D eigenvalue weighted by Crippen LogP contribution is 2.34. The summed E-state index contributed by atoms with van der Waals surface area (Å²) in [6.07, 6.45) is 9.37. The van der Waals surface area contributed by atoms with Gasteiger partial charge in [-0.3, -0.25) is 4.79 Å². The summed E-state index contributed by atoms with van der Waals surface area (Å²) in [7, 11) is 0. The minimum Gasteiger partial charge on any atom is -0.348 e. The lowest BCUT2D eigenvalue weighted by atomic mass is 9.91. The fourth-order valence-electron chi connectivity index (χ4n) is 3.86. The summed E-state index contributed by atoms with van der Waals surface area (Å²) < 4.78 is 2.28. The van der Waals surface area contributed by atoms with E-state index in [1.807, 2.05) is 6.07 Å². The summed E-state index contributed by atoms with van der Waals surface area (Å²) in [6.45, 7) is 1.68. The lowest BCUT2D eigenvalue weighted by Crippen LogP contribution is -2.45. The molecule has 2 aliphatic rings. The Morgan fingerprint density at radius 3 is 2.65 bits per heavy atom. The molecule has 3 nitrogen and oxygen atoms in total. The van der Waals surface area contributed by atoms with Gasteiger partial charge in [0.05, 0.1) is 6.04 Å². The van der Waals surface area contributed by atoms with Gasteiger partial charge in [-0.1, -0.05) is 42.5 Å². The zero-order valence-corrected chi connectivity index (χ0v) is 13.3. The van der Waals surface area contributed by atoms with Gasteiger partial charge in [0.2, 0.25) is 5.91 Å². The second-order valence-corrected chi connectivity index (χ2v) is 6.45. The number of allylic oxidation sites excluding steroid dienone is 2. The molecule has 1 aromatic heterocycles. The number of benzene rings is 1. The van der Waals surface area contributed by atoms with Crippen molar-refractivity contribution >= 4 is 5.91 Å². The maximum absolute atomic E-state index is 13.2. The molecule has 0 saturated heterocycles. The van der Waals surface area contributed by atoms with Crippen LogP contribution in [0.25, 0.3) is 0 Å². The first-order chi connectivity index (χ1) is 11.3. The van der Waals surface area contributed by atoms with Crippen LogP contribution < -0.4 is 0 Å². The number of nitrogens with zero attached hydrogens (tertiary/aromatic N) is 2. The van der Waals surface area contributed by atoms with Crippen molar-refractivity contribution in [3.63, 3.8) is 0 Å². The van der Waals surface area contributed by atoms with Gasteiger partial charge in [0.1, 0.15) is 0 Å². The number of carbonyl (C=O) groups excluding carboxylic acids is 1. The Hall–Kier alpha value is -2.29. The van der Waals surface area contributed by atoms with E-state index in [2.05, 4.69) is 64.2 Å². The van der Waals surface area contributed by atoms with Crippen molar-refractivity contribution in [2.24, 2.45) is 5.92 Å². The van der Waals surface area contributed by atoms with E-state index in [1.165, 1.54) is 11.3 Å². The van der Waals surface area contributed by atoms with E-state index in [-0.39, 0.29) is 12.0 Å². The molecule has 3 heteroatoms. The summed E-state index contributed by atoms with van der Waals surface area (Å²) in [6, 6.07) is 14.7. The monoisotopic (exact) mass is 306 g/mol. The molecule has 1 aliphatic heterocycles. The van der Waals surface area contributed by atoms with Gasteiger partial charge in [-0.25, -0.2) is 0 Å². The molecule has 2 unspecified atom stereocenters. The van der Waals surface area contributed by atoms with Gasteiger partial charge in [-0.15, -0.1) is 0 Å². The van der Waals surface area contributed by atoms with Gasteiger partial charge < -0.3 is 9.47 Å². The Labute approximate surface area is 137 Å². The third-order valence-corrected chi connectivity index (χ3v) is 5.05. The van der Waals surface area contributed by atoms with E-state index in [9.17, 15) is 4.79 Å². The number of aromatic nitrogens is 1. The van der Waals surface area contributed by atoms with Crippen molar-refractivity contribution in [1.29, 1.82) is 0 Å². The average molecular weight is 306 g/mol. The van der Waals surface area contributed by atoms with E-state index in [0.717, 1.165) is 32.4 Å². The van der Waals surface area contributed by atoms with E-state index in [4.69, 9.17) is 0 Å². The molecule has 23 heavy (non-hydrogen) atoms. The Morgan fingerprint density at radius 1 is 1.00 bits per heavy atom. The van der Waals surface area contributed by atoms with Crippen molar-refractivity contribution in [2.75, 3.05) is 6.54 Å². The van der Waals surface area contributed by atoms with Crippen LogP contribution in [0.4, 0.5) is 0 Å². The highest BCUT2D eigenvalue weighted by molar-refractivity contribution is 5.80. The highest BCUT2D eigenvalue weighted by Gasteiger charge is 2.35. The summed E-state index contributed by atoms with van der Waals surface area (Å²) in [4.78, 5) is 15.3. The second kappa shape index (κ2) is 6.07. The van der Waals surface area contributed by atoms with Gasteiger partial charge in [0.15, 0.2) is 0 Å². The topological polar surface area (TPSA) is 25.2 Å². The number of rotatable bonds is 2. The van der Waals surface area contributed by atoms with Crippen molar-refractivity contribution < 1.29 is 4.79 Å². The molecule has 0 N–H and O–H groups in total. The normalized spacial score (nSPS) is 23.6. The maximum Gasteiger partial charge on any atom is 0.226 e. The van der Waals surface area contributed by atoms with Crippen molar-refractivity contribution in [1.82, 2.24) is 9.47 Å².